The van der Waals surface area contributed by atoms with Gasteiger partial charge in [-0.25, -0.2) is 0 Å². The molecular formula is C15H32N2. The van der Waals surface area contributed by atoms with Crippen LogP contribution in [0.3, 0.4) is 0 Å². The fourth-order valence-corrected chi connectivity index (χ4v) is 2.76. The van der Waals surface area contributed by atoms with Gasteiger partial charge in [-0.1, -0.05) is 33.6 Å². The van der Waals surface area contributed by atoms with Crippen LogP contribution in [0.5, 0.6) is 0 Å². The van der Waals surface area contributed by atoms with Crippen molar-refractivity contribution in [3.63, 3.8) is 0 Å². The molecular weight excluding hydrogens is 208 g/mol. The van der Waals surface area contributed by atoms with Gasteiger partial charge in [-0.05, 0) is 33.1 Å². The number of hydrogen-bond acceptors (Lipinski definition) is 2. The van der Waals surface area contributed by atoms with E-state index in [0.29, 0.717) is 5.54 Å². The van der Waals surface area contributed by atoms with E-state index >= 15 is 0 Å². The fraction of sp³-hybridized carbons (Fsp3) is 1.00. The fourth-order valence-electron chi connectivity index (χ4n) is 2.76. The van der Waals surface area contributed by atoms with E-state index in [9.17, 15) is 0 Å². The van der Waals surface area contributed by atoms with Crippen molar-refractivity contribution in [1.29, 1.82) is 0 Å². The molecule has 0 spiro atoms. The third-order valence-electron chi connectivity index (χ3n) is 4.69. The van der Waals surface area contributed by atoms with Gasteiger partial charge >= 0.3 is 0 Å². The van der Waals surface area contributed by atoms with Gasteiger partial charge in [0, 0.05) is 30.7 Å². The summed E-state index contributed by atoms with van der Waals surface area (Å²) in [6.45, 7) is 17.6. The molecule has 0 saturated carbocycles. The van der Waals surface area contributed by atoms with Gasteiger partial charge in [0.2, 0.25) is 0 Å². The molecule has 1 fully saturated rings. The van der Waals surface area contributed by atoms with E-state index < -0.39 is 0 Å². The summed E-state index contributed by atoms with van der Waals surface area (Å²) in [6.07, 6.45) is 3.84. The lowest BCUT2D eigenvalue weighted by atomic mass is 9.86. The number of hydrogen-bond donors (Lipinski definition) is 1. The molecule has 1 saturated heterocycles. The van der Waals surface area contributed by atoms with Gasteiger partial charge in [-0.3, -0.25) is 4.90 Å². The van der Waals surface area contributed by atoms with Crippen molar-refractivity contribution in [2.45, 2.75) is 71.9 Å². The number of rotatable bonds is 5. The van der Waals surface area contributed by atoms with Crippen LogP contribution in [0.1, 0.15) is 60.8 Å². The van der Waals surface area contributed by atoms with Crippen molar-refractivity contribution in [3.05, 3.63) is 0 Å². The van der Waals surface area contributed by atoms with E-state index in [4.69, 9.17) is 0 Å². The van der Waals surface area contributed by atoms with Crippen molar-refractivity contribution in [2.24, 2.45) is 5.92 Å². The van der Waals surface area contributed by atoms with E-state index in [1.54, 1.807) is 0 Å². The first-order chi connectivity index (χ1) is 7.87. The standard InChI is InChI=1S/C15H32N2/c1-7-13(8-2)10-17-12-14(4,5)16-11-15(17,6)9-3/h13,16H,7-12H2,1-6H3. The van der Waals surface area contributed by atoms with Crippen LogP contribution >= 0.6 is 0 Å². The summed E-state index contributed by atoms with van der Waals surface area (Å²) in [5.41, 5.74) is 0.610. The first kappa shape index (κ1) is 15.0. The molecule has 0 aliphatic carbocycles. The molecule has 1 rings (SSSR count). The molecule has 1 aliphatic heterocycles. The van der Waals surface area contributed by atoms with E-state index in [1.165, 1.54) is 32.4 Å². The lowest BCUT2D eigenvalue weighted by Crippen LogP contribution is -2.67. The quantitative estimate of drug-likeness (QED) is 0.793. The SMILES string of the molecule is CCC(CC)CN1CC(C)(C)NCC1(C)CC. The Bertz CT molecular complexity index is 233. The van der Waals surface area contributed by atoms with Crippen LogP contribution in [-0.2, 0) is 0 Å². The average molecular weight is 240 g/mol. The molecule has 0 aromatic carbocycles. The lowest BCUT2D eigenvalue weighted by Gasteiger charge is -2.52. The maximum Gasteiger partial charge on any atom is 0.0304 e. The zero-order valence-corrected chi connectivity index (χ0v) is 12.8. The number of nitrogens with one attached hydrogen (secondary N) is 1. The molecule has 1 unspecified atom stereocenters. The molecule has 17 heavy (non-hydrogen) atoms. The Hall–Kier alpha value is -0.0800. The van der Waals surface area contributed by atoms with Crippen LogP contribution < -0.4 is 5.32 Å². The van der Waals surface area contributed by atoms with Crippen LogP contribution in [0.15, 0.2) is 0 Å². The average Bonchev–Trinajstić information content (AvgIpc) is 2.30. The second kappa shape index (κ2) is 5.71. The van der Waals surface area contributed by atoms with Crippen molar-refractivity contribution in [2.75, 3.05) is 19.6 Å². The third kappa shape index (κ3) is 3.69. The summed E-state index contributed by atoms with van der Waals surface area (Å²) >= 11 is 0. The van der Waals surface area contributed by atoms with Gasteiger partial charge in [0.15, 0.2) is 0 Å². The van der Waals surface area contributed by atoms with Gasteiger partial charge in [-0.2, -0.15) is 0 Å². The molecule has 1 atom stereocenters. The van der Waals surface area contributed by atoms with Crippen LogP contribution in [0.2, 0.25) is 0 Å². The molecule has 0 bridgehead atoms. The zero-order chi connectivity index (χ0) is 13.1. The van der Waals surface area contributed by atoms with E-state index in [0.717, 1.165) is 12.5 Å². The predicted octanol–water partition coefficient (Wildman–Crippen LogP) is 3.28. The van der Waals surface area contributed by atoms with Crippen molar-refractivity contribution < 1.29 is 0 Å². The smallest absolute Gasteiger partial charge is 0.0304 e. The summed E-state index contributed by atoms with van der Waals surface area (Å²) in [5.74, 6) is 0.856. The van der Waals surface area contributed by atoms with Crippen LogP contribution in [0.4, 0.5) is 0 Å². The van der Waals surface area contributed by atoms with Crippen LogP contribution in [0, 0.1) is 5.92 Å². The zero-order valence-electron chi connectivity index (χ0n) is 12.8. The van der Waals surface area contributed by atoms with Crippen molar-refractivity contribution in [3.8, 4) is 0 Å². The number of piperazine rings is 1. The second-order valence-electron chi connectivity index (χ2n) is 6.65. The minimum Gasteiger partial charge on any atom is -0.309 e. The first-order valence-corrected chi connectivity index (χ1v) is 7.37. The minimum atomic E-state index is 0.265. The molecule has 2 nitrogen and oxygen atoms in total. The van der Waals surface area contributed by atoms with Crippen LogP contribution in [0.25, 0.3) is 0 Å². The monoisotopic (exact) mass is 240 g/mol. The lowest BCUT2D eigenvalue weighted by molar-refractivity contribution is 0.0112. The summed E-state index contributed by atoms with van der Waals surface area (Å²) in [4.78, 5) is 2.74. The highest BCUT2D eigenvalue weighted by Gasteiger charge is 2.39. The maximum absolute atomic E-state index is 3.70. The Morgan fingerprint density at radius 3 is 2.18 bits per heavy atom. The summed E-state index contributed by atoms with van der Waals surface area (Å²) in [6, 6.07) is 0. The van der Waals surface area contributed by atoms with Gasteiger partial charge in [0.1, 0.15) is 0 Å². The Labute approximate surface area is 108 Å². The van der Waals surface area contributed by atoms with E-state index in [1.807, 2.05) is 0 Å². The number of nitrogens with zero attached hydrogens (tertiary/aromatic N) is 1. The van der Waals surface area contributed by atoms with Gasteiger partial charge in [-0.15, -0.1) is 0 Å². The van der Waals surface area contributed by atoms with Crippen LogP contribution in [-0.4, -0.2) is 35.6 Å². The summed E-state index contributed by atoms with van der Waals surface area (Å²) in [5, 5.41) is 3.70. The van der Waals surface area contributed by atoms with Crippen molar-refractivity contribution >= 4 is 0 Å². The van der Waals surface area contributed by atoms with Gasteiger partial charge in [0.25, 0.3) is 0 Å². The Kier molecular flexibility index (Phi) is 5.03. The Morgan fingerprint density at radius 1 is 1.12 bits per heavy atom. The van der Waals surface area contributed by atoms with E-state index in [-0.39, 0.29) is 5.54 Å². The maximum atomic E-state index is 3.70. The largest absolute Gasteiger partial charge is 0.309 e. The molecule has 1 aliphatic rings. The second-order valence-corrected chi connectivity index (χ2v) is 6.65. The Morgan fingerprint density at radius 2 is 1.71 bits per heavy atom. The van der Waals surface area contributed by atoms with Crippen molar-refractivity contribution in [1.82, 2.24) is 10.2 Å². The third-order valence-corrected chi connectivity index (χ3v) is 4.69. The first-order valence-electron chi connectivity index (χ1n) is 7.37. The molecule has 0 amide bonds. The predicted molar refractivity (Wildman–Crippen MR) is 76.4 cm³/mol. The molecule has 1 heterocycles. The van der Waals surface area contributed by atoms with Gasteiger partial charge in [0.05, 0.1) is 0 Å². The molecule has 2 heteroatoms. The molecule has 0 radical (unpaired) electrons. The molecule has 0 aromatic heterocycles. The summed E-state index contributed by atoms with van der Waals surface area (Å²) in [7, 11) is 0. The van der Waals surface area contributed by atoms with E-state index in [2.05, 4.69) is 51.8 Å². The molecule has 0 aromatic rings. The molecule has 1 N–H and O–H groups in total. The molecule has 102 valence electrons. The topological polar surface area (TPSA) is 15.3 Å². The van der Waals surface area contributed by atoms with Gasteiger partial charge < -0.3 is 5.32 Å². The Balaban J connectivity index is 2.74. The minimum absolute atomic E-state index is 0.265. The summed E-state index contributed by atoms with van der Waals surface area (Å²) < 4.78 is 0. The normalized spacial score (nSPS) is 29.8. The highest BCUT2D eigenvalue weighted by Crippen LogP contribution is 2.28. The highest BCUT2D eigenvalue weighted by atomic mass is 15.3. The highest BCUT2D eigenvalue weighted by molar-refractivity contribution is 4.99.